The molecule has 0 unspecified atom stereocenters. The Morgan fingerprint density at radius 3 is 2.80 bits per heavy atom. The second kappa shape index (κ2) is 7.17. The van der Waals surface area contributed by atoms with E-state index in [4.69, 9.17) is 4.74 Å². The number of benzene rings is 2. The maximum absolute atomic E-state index is 11.2. The van der Waals surface area contributed by atoms with Gasteiger partial charge in [0.1, 0.15) is 17.9 Å². The van der Waals surface area contributed by atoms with E-state index in [0.29, 0.717) is 24.1 Å². The summed E-state index contributed by atoms with van der Waals surface area (Å²) in [5.74, 6) is 0.833. The molecule has 25 heavy (non-hydrogen) atoms. The summed E-state index contributed by atoms with van der Waals surface area (Å²) in [6.07, 6.45) is 1.65. The molecule has 0 N–H and O–H groups in total. The van der Waals surface area contributed by atoms with Gasteiger partial charge in [-0.2, -0.15) is 0 Å². The number of fused-ring (bicyclic) bond motifs is 1. The molecule has 0 saturated heterocycles. The van der Waals surface area contributed by atoms with Crippen molar-refractivity contribution in [1.82, 2.24) is 4.98 Å². The molecule has 3 aromatic rings. The largest absolute Gasteiger partial charge is 0.492 e. The molecule has 0 aliphatic rings. The van der Waals surface area contributed by atoms with Crippen LogP contribution in [0.2, 0.25) is 0 Å². The summed E-state index contributed by atoms with van der Waals surface area (Å²) >= 11 is 0. The Labute approximate surface area is 145 Å². The molecule has 0 aliphatic carbocycles. The second-order valence-electron chi connectivity index (χ2n) is 5.85. The van der Waals surface area contributed by atoms with E-state index in [0.717, 1.165) is 17.0 Å². The van der Waals surface area contributed by atoms with Crippen LogP contribution in [-0.4, -0.2) is 30.1 Å². The molecule has 1 aromatic heterocycles. The van der Waals surface area contributed by atoms with Gasteiger partial charge in [-0.25, -0.2) is 0 Å². The second-order valence-corrected chi connectivity index (χ2v) is 5.85. The van der Waals surface area contributed by atoms with Crippen molar-refractivity contribution < 1.29 is 9.66 Å². The summed E-state index contributed by atoms with van der Waals surface area (Å²) in [6.45, 7) is 3.16. The number of ether oxygens (including phenoxy) is 1. The fourth-order valence-electron chi connectivity index (χ4n) is 2.74. The summed E-state index contributed by atoms with van der Waals surface area (Å²) in [7, 11) is 1.93. The zero-order valence-electron chi connectivity index (χ0n) is 14.2. The minimum absolute atomic E-state index is 0.0660. The van der Waals surface area contributed by atoms with Crippen molar-refractivity contribution in [1.29, 1.82) is 0 Å². The minimum atomic E-state index is -0.380. The quantitative estimate of drug-likeness (QED) is 0.503. The molecule has 128 valence electrons. The lowest BCUT2D eigenvalue weighted by molar-refractivity contribution is -0.383. The molecular weight excluding hydrogens is 318 g/mol. The van der Waals surface area contributed by atoms with E-state index >= 15 is 0 Å². The molecule has 0 amide bonds. The zero-order chi connectivity index (χ0) is 17.8. The van der Waals surface area contributed by atoms with Crippen LogP contribution < -0.4 is 9.64 Å². The molecular formula is C19H19N3O3. The van der Waals surface area contributed by atoms with Crippen molar-refractivity contribution in [3.63, 3.8) is 0 Å². The normalized spacial score (nSPS) is 10.6. The Balaban J connectivity index is 1.77. The highest BCUT2D eigenvalue weighted by Crippen LogP contribution is 2.31. The first-order valence-corrected chi connectivity index (χ1v) is 7.99. The van der Waals surface area contributed by atoms with Gasteiger partial charge in [-0.05, 0) is 42.8 Å². The number of likely N-dealkylation sites (N-methyl/N-ethyl adjacent to an activating group) is 1. The molecule has 1 heterocycles. The Bertz CT molecular complexity index is 911. The molecule has 0 radical (unpaired) electrons. The topological polar surface area (TPSA) is 68.5 Å². The SMILES string of the molecule is Cc1cccc(OCCN(C)c2ccc([N+](=O)[O-])c3cccnc23)c1. The Kier molecular flexibility index (Phi) is 4.79. The van der Waals surface area contributed by atoms with Gasteiger partial charge in [-0.1, -0.05) is 12.1 Å². The fourth-order valence-corrected chi connectivity index (χ4v) is 2.74. The lowest BCUT2D eigenvalue weighted by Gasteiger charge is -2.20. The van der Waals surface area contributed by atoms with E-state index in [1.807, 2.05) is 43.1 Å². The van der Waals surface area contributed by atoms with Gasteiger partial charge in [-0.3, -0.25) is 15.1 Å². The van der Waals surface area contributed by atoms with Crippen LogP contribution >= 0.6 is 0 Å². The summed E-state index contributed by atoms with van der Waals surface area (Å²) in [5.41, 5.74) is 2.68. The number of hydrogen-bond donors (Lipinski definition) is 0. The highest BCUT2D eigenvalue weighted by molar-refractivity contribution is 5.96. The third-order valence-corrected chi connectivity index (χ3v) is 4.02. The van der Waals surface area contributed by atoms with Crippen molar-refractivity contribution in [3.8, 4) is 5.75 Å². The highest BCUT2D eigenvalue weighted by Gasteiger charge is 2.16. The van der Waals surface area contributed by atoms with Crippen LogP contribution in [0.15, 0.2) is 54.7 Å². The van der Waals surface area contributed by atoms with Crippen molar-refractivity contribution in [2.75, 3.05) is 25.1 Å². The summed E-state index contributed by atoms with van der Waals surface area (Å²) in [6, 6.07) is 14.6. The molecule has 0 bridgehead atoms. The molecule has 0 fully saturated rings. The first-order chi connectivity index (χ1) is 12.1. The lowest BCUT2D eigenvalue weighted by Crippen LogP contribution is -2.24. The first kappa shape index (κ1) is 16.7. The monoisotopic (exact) mass is 337 g/mol. The van der Waals surface area contributed by atoms with Gasteiger partial charge in [0.2, 0.25) is 0 Å². The van der Waals surface area contributed by atoms with Gasteiger partial charge in [0.25, 0.3) is 5.69 Å². The number of non-ortho nitro benzene ring substituents is 1. The number of hydrogen-bond acceptors (Lipinski definition) is 5. The van der Waals surface area contributed by atoms with Gasteiger partial charge < -0.3 is 9.64 Å². The van der Waals surface area contributed by atoms with Crippen LogP contribution in [0.5, 0.6) is 5.75 Å². The predicted molar refractivity (Wildman–Crippen MR) is 98.3 cm³/mol. The van der Waals surface area contributed by atoms with Gasteiger partial charge in [0.05, 0.1) is 22.5 Å². The Morgan fingerprint density at radius 2 is 2.04 bits per heavy atom. The molecule has 0 spiro atoms. The van der Waals surface area contributed by atoms with Gasteiger partial charge in [-0.15, -0.1) is 0 Å². The van der Waals surface area contributed by atoms with E-state index in [-0.39, 0.29) is 10.6 Å². The van der Waals surface area contributed by atoms with Crippen LogP contribution in [0.3, 0.4) is 0 Å². The lowest BCUT2D eigenvalue weighted by atomic mass is 10.1. The summed E-state index contributed by atoms with van der Waals surface area (Å²) in [5, 5.41) is 11.7. The highest BCUT2D eigenvalue weighted by atomic mass is 16.6. The van der Waals surface area contributed by atoms with Gasteiger partial charge in [0.15, 0.2) is 0 Å². The van der Waals surface area contributed by atoms with Gasteiger partial charge in [0, 0.05) is 19.3 Å². The maximum atomic E-state index is 11.2. The van der Waals surface area contributed by atoms with Crippen molar-refractivity contribution in [3.05, 3.63) is 70.4 Å². The maximum Gasteiger partial charge on any atom is 0.278 e. The number of anilines is 1. The number of aryl methyl sites for hydroxylation is 1. The van der Waals surface area contributed by atoms with Crippen molar-refractivity contribution in [2.24, 2.45) is 0 Å². The van der Waals surface area contributed by atoms with E-state index in [2.05, 4.69) is 4.98 Å². The summed E-state index contributed by atoms with van der Waals surface area (Å²) in [4.78, 5) is 17.1. The van der Waals surface area contributed by atoms with Crippen molar-refractivity contribution >= 4 is 22.3 Å². The van der Waals surface area contributed by atoms with E-state index < -0.39 is 0 Å². The number of rotatable bonds is 6. The summed E-state index contributed by atoms with van der Waals surface area (Å²) < 4.78 is 5.78. The standard InChI is InChI=1S/C19H19N3O3/c1-14-5-3-6-15(13-14)25-12-11-21(2)18-9-8-17(22(23)24)16-7-4-10-20-19(16)18/h3-10,13H,11-12H2,1-2H3. The van der Waals surface area contributed by atoms with E-state index in [1.54, 1.807) is 24.4 Å². The Morgan fingerprint density at radius 1 is 1.20 bits per heavy atom. The number of nitrogens with zero attached hydrogens (tertiary/aromatic N) is 3. The number of pyridine rings is 1. The van der Waals surface area contributed by atoms with Gasteiger partial charge >= 0.3 is 0 Å². The van der Waals surface area contributed by atoms with E-state index in [9.17, 15) is 10.1 Å². The van der Waals surface area contributed by atoms with Crippen LogP contribution in [-0.2, 0) is 0 Å². The average molecular weight is 337 g/mol. The molecule has 3 rings (SSSR count). The fraction of sp³-hybridized carbons (Fsp3) is 0.211. The smallest absolute Gasteiger partial charge is 0.278 e. The number of aromatic nitrogens is 1. The number of nitro benzene ring substituents is 1. The number of nitro groups is 1. The molecule has 0 atom stereocenters. The van der Waals surface area contributed by atoms with Crippen LogP contribution in [0.1, 0.15) is 5.56 Å². The Hall–Kier alpha value is -3.15. The molecule has 6 heteroatoms. The molecule has 2 aromatic carbocycles. The van der Waals surface area contributed by atoms with Crippen LogP contribution in [0.25, 0.3) is 10.9 Å². The first-order valence-electron chi connectivity index (χ1n) is 7.99. The molecule has 0 aliphatic heterocycles. The third kappa shape index (κ3) is 3.68. The zero-order valence-corrected chi connectivity index (χ0v) is 14.2. The average Bonchev–Trinajstić information content (AvgIpc) is 2.60. The third-order valence-electron chi connectivity index (χ3n) is 4.02. The van der Waals surface area contributed by atoms with E-state index in [1.165, 1.54) is 6.07 Å². The van der Waals surface area contributed by atoms with Crippen molar-refractivity contribution in [2.45, 2.75) is 6.92 Å². The molecule has 6 nitrogen and oxygen atoms in total. The predicted octanol–water partition coefficient (Wildman–Crippen LogP) is 3.97. The minimum Gasteiger partial charge on any atom is -0.492 e. The van der Waals surface area contributed by atoms with Crippen LogP contribution in [0.4, 0.5) is 11.4 Å². The van der Waals surface area contributed by atoms with Crippen LogP contribution in [0, 0.1) is 17.0 Å². The molecule has 0 saturated carbocycles.